The van der Waals surface area contributed by atoms with E-state index in [1.165, 1.54) is 12.1 Å². The Morgan fingerprint density at radius 2 is 1.91 bits per heavy atom. The zero-order valence-corrected chi connectivity index (χ0v) is 13.0. The number of hydrogen-bond donors (Lipinski definition) is 1. The molecule has 0 bridgehead atoms. The van der Waals surface area contributed by atoms with Gasteiger partial charge in [-0.2, -0.15) is 5.10 Å². The second kappa shape index (κ2) is 5.46. The molecule has 118 valence electrons. The summed E-state index contributed by atoms with van der Waals surface area (Å²) in [6.07, 6.45) is 0. The van der Waals surface area contributed by atoms with Crippen LogP contribution in [0.1, 0.15) is 41.5 Å². The molecule has 0 fully saturated rings. The lowest BCUT2D eigenvalue weighted by atomic mass is 10.0. The molecule has 0 saturated heterocycles. The van der Waals surface area contributed by atoms with Gasteiger partial charge in [0.25, 0.3) is 0 Å². The molecule has 3 rings (SSSR count). The molecule has 1 N–H and O–H groups in total. The fraction of sp³-hybridized carbons (Fsp3) is 0.235. The highest BCUT2D eigenvalue weighted by Crippen LogP contribution is 2.29. The third-order valence-corrected chi connectivity index (χ3v) is 3.64. The van der Waals surface area contributed by atoms with E-state index in [0.717, 1.165) is 0 Å². The number of carboxylic acids is 1. The van der Waals surface area contributed by atoms with Crippen molar-refractivity contribution in [3.63, 3.8) is 0 Å². The second-order valence-corrected chi connectivity index (χ2v) is 5.74. The number of carbonyl (C=O) groups is 1. The van der Waals surface area contributed by atoms with Crippen molar-refractivity contribution in [3.8, 4) is 5.69 Å². The maximum atomic E-state index is 13.2. The summed E-state index contributed by atoms with van der Waals surface area (Å²) in [7, 11) is 0. The van der Waals surface area contributed by atoms with E-state index < -0.39 is 5.97 Å². The van der Waals surface area contributed by atoms with Gasteiger partial charge in [0.1, 0.15) is 5.82 Å². The van der Waals surface area contributed by atoms with Gasteiger partial charge in [-0.3, -0.25) is 0 Å². The summed E-state index contributed by atoms with van der Waals surface area (Å²) in [6.45, 7) is 5.63. The fourth-order valence-corrected chi connectivity index (χ4v) is 2.60. The molecule has 0 radical (unpaired) electrons. The molecule has 0 aliphatic carbocycles. The number of hydrogen-bond acceptors (Lipinski definition) is 3. The van der Waals surface area contributed by atoms with E-state index in [1.54, 1.807) is 29.8 Å². The standard InChI is InChI=1S/C17H16FN3O2/c1-9(2)15-14-13(17(22)23)8-10(3)19-16(14)21(20-15)12-6-4-11(18)5-7-12/h4-9H,1-3H3,(H,22,23). The number of aromatic nitrogens is 3. The largest absolute Gasteiger partial charge is 0.478 e. The molecule has 0 spiro atoms. The SMILES string of the molecule is Cc1cc(C(=O)O)c2c(C(C)C)nn(-c3ccc(F)cc3)c2n1. The lowest BCUT2D eigenvalue weighted by molar-refractivity contribution is 0.0698. The van der Waals surface area contributed by atoms with Gasteiger partial charge in [-0.15, -0.1) is 0 Å². The van der Waals surface area contributed by atoms with Crippen molar-refractivity contribution in [1.29, 1.82) is 0 Å². The Bertz CT molecular complexity index is 898. The average molecular weight is 313 g/mol. The molecule has 0 atom stereocenters. The van der Waals surface area contributed by atoms with Crippen LogP contribution in [-0.2, 0) is 0 Å². The summed E-state index contributed by atoms with van der Waals surface area (Å²) in [6, 6.07) is 7.41. The van der Waals surface area contributed by atoms with Crippen LogP contribution in [0.5, 0.6) is 0 Å². The van der Waals surface area contributed by atoms with Crippen LogP contribution in [0, 0.1) is 12.7 Å². The monoisotopic (exact) mass is 313 g/mol. The van der Waals surface area contributed by atoms with Gasteiger partial charge in [0.05, 0.1) is 22.3 Å². The number of pyridine rings is 1. The fourth-order valence-electron chi connectivity index (χ4n) is 2.60. The van der Waals surface area contributed by atoms with Crippen molar-refractivity contribution in [1.82, 2.24) is 14.8 Å². The summed E-state index contributed by atoms with van der Waals surface area (Å²) in [5.74, 6) is -1.33. The number of fused-ring (bicyclic) bond motifs is 1. The van der Waals surface area contributed by atoms with E-state index in [9.17, 15) is 14.3 Å². The van der Waals surface area contributed by atoms with E-state index in [-0.39, 0.29) is 17.3 Å². The summed E-state index contributed by atoms with van der Waals surface area (Å²) >= 11 is 0. The predicted octanol–water partition coefficient (Wildman–Crippen LogP) is 3.69. The Balaban J connectivity index is 2.40. The highest BCUT2D eigenvalue weighted by atomic mass is 19.1. The van der Waals surface area contributed by atoms with Crippen LogP contribution < -0.4 is 0 Å². The summed E-state index contributed by atoms with van der Waals surface area (Å²) in [5.41, 5.74) is 2.54. The maximum absolute atomic E-state index is 13.2. The highest BCUT2D eigenvalue weighted by Gasteiger charge is 2.22. The summed E-state index contributed by atoms with van der Waals surface area (Å²) < 4.78 is 14.7. The number of nitrogens with zero attached hydrogens (tertiary/aromatic N) is 3. The van der Waals surface area contributed by atoms with Crippen molar-refractivity contribution < 1.29 is 14.3 Å². The first-order chi connectivity index (χ1) is 10.9. The minimum Gasteiger partial charge on any atom is -0.478 e. The quantitative estimate of drug-likeness (QED) is 0.800. The van der Waals surface area contributed by atoms with E-state index in [2.05, 4.69) is 10.1 Å². The summed E-state index contributed by atoms with van der Waals surface area (Å²) in [5, 5.41) is 14.6. The second-order valence-electron chi connectivity index (χ2n) is 5.74. The van der Waals surface area contributed by atoms with E-state index in [1.807, 2.05) is 13.8 Å². The predicted molar refractivity (Wildman–Crippen MR) is 84.6 cm³/mol. The molecule has 0 unspecified atom stereocenters. The first-order valence-corrected chi connectivity index (χ1v) is 7.28. The number of halogens is 1. The van der Waals surface area contributed by atoms with Crippen LogP contribution in [0.3, 0.4) is 0 Å². The Kier molecular flexibility index (Phi) is 3.60. The third kappa shape index (κ3) is 2.56. The Morgan fingerprint density at radius 1 is 1.26 bits per heavy atom. The van der Waals surface area contributed by atoms with Crippen molar-refractivity contribution in [2.75, 3.05) is 0 Å². The lowest BCUT2D eigenvalue weighted by Crippen LogP contribution is -2.02. The van der Waals surface area contributed by atoms with Gasteiger partial charge in [0.15, 0.2) is 5.65 Å². The van der Waals surface area contributed by atoms with Crippen molar-refractivity contribution in [2.45, 2.75) is 26.7 Å². The molecule has 0 aliphatic rings. The van der Waals surface area contributed by atoms with Gasteiger partial charge in [-0.25, -0.2) is 18.9 Å². The van der Waals surface area contributed by atoms with E-state index in [4.69, 9.17) is 0 Å². The number of benzene rings is 1. The van der Waals surface area contributed by atoms with Crippen molar-refractivity contribution in [2.24, 2.45) is 0 Å². The Labute approximate surface area is 132 Å². The van der Waals surface area contributed by atoms with Crippen LogP contribution in [0.2, 0.25) is 0 Å². The molecule has 0 saturated carbocycles. The van der Waals surface area contributed by atoms with Crippen LogP contribution >= 0.6 is 0 Å². The molecular weight excluding hydrogens is 297 g/mol. The van der Waals surface area contributed by atoms with Gasteiger partial charge < -0.3 is 5.11 Å². The number of aryl methyl sites for hydroxylation is 1. The molecule has 5 nitrogen and oxygen atoms in total. The number of aromatic carboxylic acids is 1. The van der Waals surface area contributed by atoms with Crippen LogP contribution in [-0.4, -0.2) is 25.8 Å². The normalized spacial score (nSPS) is 11.3. The molecule has 2 aromatic heterocycles. The van der Waals surface area contributed by atoms with Gasteiger partial charge in [0.2, 0.25) is 0 Å². The Morgan fingerprint density at radius 3 is 2.48 bits per heavy atom. The minimum absolute atomic E-state index is 0.0294. The topological polar surface area (TPSA) is 68.0 Å². The Hall–Kier alpha value is -2.76. The first-order valence-electron chi connectivity index (χ1n) is 7.28. The maximum Gasteiger partial charge on any atom is 0.336 e. The lowest BCUT2D eigenvalue weighted by Gasteiger charge is -2.05. The molecule has 0 aliphatic heterocycles. The molecule has 0 amide bonds. The van der Waals surface area contributed by atoms with Crippen LogP contribution in [0.25, 0.3) is 16.7 Å². The van der Waals surface area contributed by atoms with E-state index in [0.29, 0.717) is 28.1 Å². The van der Waals surface area contributed by atoms with Gasteiger partial charge >= 0.3 is 5.97 Å². The zero-order chi connectivity index (χ0) is 16.7. The van der Waals surface area contributed by atoms with Crippen LogP contribution in [0.4, 0.5) is 4.39 Å². The minimum atomic E-state index is -1.01. The number of rotatable bonds is 3. The molecule has 3 aromatic rings. The smallest absolute Gasteiger partial charge is 0.336 e. The average Bonchev–Trinajstić information content (AvgIpc) is 2.86. The molecular formula is C17H16FN3O2. The van der Waals surface area contributed by atoms with Crippen LogP contribution in [0.15, 0.2) is 30.3 Å². The molecule has 6 heteroatoms. The summed E-state index contributed by atoms with van der Waals surface area (Å²) in [4.78, 5) is 16.1. The van der Waals surface area contributed by atoms with Crippen molar-refractivity contribution >= 4 is 17.0 Å². The molecule has 1 aromatic carbocycles. The van der Waals surface area contributed by atoms with Gasteiger partial charge in [-0.05, 0) is 43.2 Å². The first kappa shape index (κ1) is 15.1. The third-order valence-electron chi connectivity index (χ3n) is 3.64. The molecule has 23 heavy (non-hydrogen) atoms. The van der Waals surface area contributed by atoms with Gasteiger partial charge in [0, 0.05) is 5.69 Å². The zero-order valence-electron chi connectivity index (χ0n) is 13.0. The van der Waals surface area contributed by atoms with Gasteiger partial charge in [-0.1, -0.05) is 13.8 Å². The van der Waals surface area contributed by atoms with E-state index >= 15 is 0 Å². The highest BCUT2D eigenvalue weighted by molar-refractivity contribution is 6.03. The number of carboxylic acid groups (broad SMARTS) is 1. The molecule has 2 heterocycles. The van der Waals surface area contributed by atoms with Crippen molar-refractivity contribution in [3.05, 3.63) is 53.1 Å².